The van der Waals surface area contributed by atoms with Gasteiger partial charge in [-0.05, 0) is 23.8 Å². The molecule has 6 heteroatoms. The first kappa shape index (κ1) is 16.7. The third-order valence-electron chi connectivity index (χ3n) is 2.68. The Morgan fingerprint density at radius 2 is 1.87 bits per heavy atom. The molecule has 0 aliphatic rings. The molecule has 118 valence electrons. The second-order valence-electron chi connectivity index (χ2n) is 4.45. The van der Waals surface area contributed by atoms with E-state index in [2.05, 4.69) is 10.5 Å². The van der Waals surface area contributed by atoms with Crippen molar-refractivity contribution in [1.29, 1.82) is 0 Å². The second-order valence-corrected chi connectivity index (χ2v) is 4.89. The second kappa shape index (κ2) is 8.70. The number of rotatable bonds is 6. The van der Waals surface area contributed by atoms with E-state index in [0.29, 0.717) is 5.03 Å². The molecule has 2 rings (SSSR count). The number of benzene rings is 2. The molecule has 0 spiro atoms. The molecule has 1 amide bonds. The molecule has 0 aliphatic heterocycles. The van der Waals surface area contributed by atoms with Crippen LogP contribution in [0.3, 0.4) is 0 Å². The Hall–Kier alpha value is -2.66. The molecular formula is C17H14ClFN2O2. The molecule has 2 aromatic carbocycles. The van der Waals surface area contributed by atoms with Crippen LogP contribution in [0.25, 0.3) is 6.08 Å². The third-order valence-corrected chi connectivity index (χ3v) is 2.88. The molecule has 1 N–H and O–H groups in total. The zero-order chi connectivity index (χ0) is 16.5. The molecule has 4 nitrogen and oxygen atoms in total. The number of ether oxygens (including phenoxy) is 1. The van der Waals surface area contributed by atoms with E-state index in [4.69, 9.17) is 16.3 Å². The number of hydrogen-bond acceptors (Lipinski definition) is 3. The highest BCUT2D eigenvalue weighted by molar-refractivity contribution is 6.41. The molecule has 0 aliphatic carbocycles. The molecule has 0 fully saturated rings. The smallest absolute Gasteiger partial charge is 0.277 e. The third kappa shape index (κ3) is 5.92. The van der Waals surface area contributed by atoms with Crippen LogP contribution in [-0.2, 0) is 4.79 Å². The van der Waals surface area contributed by atoms with Crippen LogP contribution in [0.2, 0.25) is 0 Å². The highest BCUT2D eigenvalue weighted by Gasteiger charge is 2.05. The average Bonchev–Trinajstić information content (AvgIpc) is 2.55. The molecule has 0 atom stereocenters. The molecule has 0 radical (unpaired) electrons. The first-order chi connectivity index (χ1) is 11.1. The van der Waals surface area contributed by atoms with Gasteiger partial charge in [-0.2, -0.15) is 5.10 Å². The van der Waals surface area contributed by atoms with Crippen LogP contribution in [0, 0.1) is 5.82 Å². The Balaban J connectivity index is 1.80. The van der Waals surface area contributed by atoms with Gasteiger partial charge in [0.1, 0.15) is 0 Å². The van der Waals surface area contributed by atoms with Crippen molar-refractivity contribution >= 4 is 29.8 Å². The van der Waals surface area contributed by atoms with Gasteiger partial charge in [0.15, 0.2) is 18.2 Å². The lowest BCUT2D eigenvalue weighted by Crippen LogP contribution is -2.24. The molecule has 0 saturated carbocycles. The lowest BCUT2D eigenvalue weighted by atomic mass is 10.2. The number of nitrogens with zero attached hydrogens (tertiary/aromatic N) is 1. The summed E-state index contributed by atoms with van der Waals surface area (Å²) >= 11 is 5.97. The molecule has 2 aromatic rings. The van der Waals surface area contributed by atoms with E-state index in [-0.39, 0.29) is 12.4 Å². The molecular weight excluding hydrogens is 319 g/mol. The average molecular weight is 333 g/mol. The molecule has 0 unspecified atom stereocenters. The summed E-state index contributed by atoms with van der Waals surface area (Å²) in [5, 5.41) is 4.06. The van der Waals surface area contributed by atoms with Crippen molar-refractivity contribution in [1.82, 2.24) is 5.43 Å². The largest absolute Gasteiger partial charge is 0.481 e. The van der Waals surface area contributed by atoms with Crippen LogP contribution < -0.4 is 10.2 Å². The highest BCUT2D eigenvalue weighted by atomic mass is 35.5. The summed E-state index contributed by atoms with van der Waals surface area (Å²) in [6.45, 7) is -0.349. The molecule has 0 aromatic heterocycles. The number of para-hydroxylation sites is 1. The topological polar surface area (TPSA) is 50.7 Å². The van der Waals surface area contributed by atoms with Gasteiger partial charge in [0.2, 0.25) is 0 Å². The van der Waals surface area contributed by atoms with Crippen LogP contribution in [0.5, 0.6) is 5.75 Å². The summed E-state index contributed by atoms with van der Waals surface area (Å²) in [7, 11) is 0. The number of halogens is 2. The fourth-order valence-electron chi connectivity index (χ4n) is 1.65. The fraction of sp³-hybridized carbons (Fsp3) is 0.0588. The number of carbonyl (C=O) groups is 1. The minimum absolute atomic E-state index is 0.00800. The Morgan fingerprint density at radius 1 is 1.17 bits per heavy atom. The minimum Gasteiger partial charge on any atom is -0.481 e. The molecule has 0 bridgehead atoms. The number of nitrogens with one attached hydrogen (secondary N) is 1. The number of allylic oxidation sites excluding steroid dienone is 1. The first-order valence-corrected chi connectivity index (χ1v) is 7.14. The fourth-order valence-corrected chi connectivity index (χ4v) is 1.82. The van der Waals surface area contributed by atoms with Gasteiger partial charge in [-0.25, -0.2) is 9.82 Å². The zero-order valence-corrected chi connectivity index (χ0v) is 12.8. The SMILES string of the molecule is O=C(COc1ccccc1F)N/N=C\C(Cl)=C\c1ccccc1. The predicted molar refractivity (Wildman–Crippen MR) is 88.8 cm³/mol. The molecule has 23 heavy (non-hydrogen) atoms. The van der Waals surface area contributed by atoms with E-state index in [1.807, 2.05) is 30.3 Å². The van der Waals surface area contributed by atoms with Gasteiger partial charge in [-0.3, -0.25) is 4.79 Å². The summed E-state index contributed by atoms with van der Waals surface area (Å²) in [5.74, 6) is -1.04. The predicted octanol–water partition coefficient (Wildman–Crippen LogP) is 3.59. The maximum atomic E-state index is 13.3. The van der Waals surface area contributed by atoms with Crippen molar-refractivity contribution in [3.8, 4) is 5.75 Å². The summed E-state index contributed by atoms with van der Waals surface area (Å²) in [4.78, 5) is 11.5. The van der Waals surface area contributed by atoms with E-state index in [1.54, 1.807) is 12.1 Å². The van der Waals surface area contributed by atoms with Gasteiger partial charge < -0.3 is 4.74 Å². The van der Waals surface area contributed by atoms with E-state index < -0.39 is 11.7 Å². The van der Waals surface area contributed by atoms with E-state index in [1.165, 1.54) is 24.4 Å². The minimum atomic E-state index is -0.530. The van der Waals surface area contributed by atoms with Crippen molar-refractivity contribution in [2.75, 3.05) is 6.61 Å². The Labute approximate surface area is 138 Å². The van der Waals surface area contributed by atoms with Crippen molar-refractivity contribution in [3.63, 3.8) is 0 Å². The van der Waals surface area contributed by atoms with Crippen LogP contribution in [0.4, 0.5) is 4.39 Å². The number of carbonyl (C=O) groups excluding carboxylic acids is 1. The molecule has 0 heterocycles. The van der Waals surface area contributed by atoms with Gasteiger partial charge >= 0.3 is 0 Å². The van der Waals surface area contributed by atoms with E-state index in [9.17, 15) is 9.18 Å². The first-order valence-electron chi connectivity index (χ1n) is 6.76. The van der Waals surface area contributed by atoms with Gasteiger partial charge in [0.25, 0.3) is 5.91 Å². The maximum absolute atomic E-state index is 13.3. The molecule has 0 saturated heterocycles. The van der Waals surface area contributed by atoms with Crippen LogP contribution in [-0.4, -0.2) is 18.7 Å². The van der Waals surface area contributed by atoms with Crippen molar-refractivity contribution in [2.45, 2.75) is 0 Å². The van der Waals surface area contributed by atoms with Gasteiger partial charge in [0, 0.05) is 0 Å². The van der Waals surface area contributed by atoms with Crippen molar-refractivity contribution in [2.24, 2.45) is 5.10 Å². The number of hydrazone groups is 1. The zero-order valence-electron chi connectivity index (χ0n) is 12.1. The normalized spacial score (nSPS) is 11.5. The van der Waals surface area contributed by atoms with Crippen molar-refractivity contribution in [3.05, 3.63) is 71.0 Å². The van der Waals surface area contributed by atoms with Gasteiger partial charge in [-0.15, -0.1) is 0 Å². The Bertz CT molecular complexity index is 718. The number of amides is 1. The summed E-state index contributed by atoms with van der Waals surface area (Å²) in [6.07, 6.45) is 3.00. The van der Waals surface area contributed by atoms with Crippen LogP contribution in [0.15, 0.2) is 64.7 Å². The summed E-state index contributed by atoms with van der Waals surface area (Å²) in [5.41, 5.74) is 3.16. The van der Waals surface area contributed by atoms with Crippen LogP contribution >= 0.6 is 11.6 Å². The Morgan fingerprint density at radius 3 is 2.61 bits per heavy atom. The van der Waals surface area contributed by atoms with E-state index in [0.717, 1.165) is 5.56 Å². The van der Waals surface area contributed by atoms with Crippen molar-refractivity contribution < 1.29 is 13.9 Å². The standard InChI is InChI=1S/C17H14ClFN2O2/c18-14(10-13-6-2-1-3-7-13)11-20-21-17(22)12-23-16-9-5-4-8-15(16)19/h1-11H,12H2,(H,21,22)/b14-10-,20-11-. The summed E-state index contributed by atoms with van der Waals surface area (Å²) in [6, 6.07) is 15.3. The lowest BCUT2D eigenvalue weighted by molar-refractivity contribution is -0.123. The lowest BCUT2D eigenvalue weighted by Gasteiger charge is -2.05. The van der Waals surface area contributed by atoms with Crippen LogP contribution in [0.1, 0.15) is 5.56 Å². The Kier molecular flexibility index (Phi) is 6.32. The van der Waals surface area contributed by atoms with Gasteiger partial charge in [0.05, 0.1) is 11.2 Å². The maximum Gasteiger partial charge on any atom is 0.277 e. The quantitative estimate of drug-likeness (QED) is 0.649. The monoisotopic (exact) mass is 332 g/mol. The van der Waals surface area contributed by atoms with E-state index >= 15 is 0 Å². The summed E-state index contributed by atoms with van der Waals surface area (Å²) < 4.78 is 18.3. The number of hydrogen-bond donors (Lipinski definition) is 1. The highest BCUT2D eigenvalue weighted by Crippen LogP contribution is 2.14. The van der Waals surface area contributed by atoms with Gasteiger partial charge in [-0.1, -0.05) is 54.1 Å².